The maximum absolute atomic E-state index is 10.5. The average Bonchev–Trinajstić information content (AvgIpc) is 1.83. The van der Waals surface area contributed by atoms with E-state index in [1.165, 1.54) is 0 Å². The number of Topliss-reactive ketones (excluding diaryl/α,β-unsaturated/α-hetero) is 1. The van der Waals surface area contributed by atoms with E-state index in [0.29, 0.717) is 6.42 Å². The molecule has 0 fully saturated rings. The fraction of sp³-hybridized carbons (Fsp3) is 0.778. The molecule has 0 aromatic heterocycles. The van der Waals surface area contributed by atoms with Gasteiger partial charge >= 0.3 is 5.97 Å². The smallest absolute Gasteiger partial charge is 0.310 e. The van der Waals surface area contributed by atoms with Gasteiger partial charge in [-0.3, -0.25) is 9.59 Å². The zero-order valence-corrected chi connectivity index (χ0v) is 10.5. The van der Waals surface area contributed by atoms with Crippen LogP contribution in [-0.4, -0.2) is 28.1 Å². The molecule has 0 bridgehead atoms. The molecule has 0 aromatic carbocycles. The molecule has 4 nitrogen and oxygen atoms in total. The third-order valence-electron chi connectivity index (χ3n) is 0.877. The molecule has 0 radical (unpaired) electrons. The molecule has 2 N–H and O–H groups in total. The Kier molecular flexibility index (Phi) is 17.8. The van der Waals surface area contributed by atoms with Crippen molar-refractivity contribution in [1.82, 2.24) is 0 Å². The van der Waals surface area contributed by atoms with Crippen molar-refractivity contribution < 1.29 is 41.5 Å². The minimum absolute atomic E-state index is 0. The Balaban J connectivity index is -0.000000209. The van der Waals surface area contributed by atoms with Crippen molar-refractivity contribution in [3.05, 3.63) is 0 Å². The Morgan fingerprint density at radius 3 is 1.86 bits per heavy atom. The zero-order chi connectivity index (χ0) is 10.9. The molecule has 0 atom stereocenters. The molecule has 14 heavy (non-hydrogen) atoms. The van der Waals surface area contributed by atoms with Crippen molar-refractivity contribution >= 4 is 11.8 Å². The number of aliphatic hydroxyl groups is 1. The summed E-state index contributed by atoms with van der Waals surface area (Å²) < 4.78 is 0. The van der Waals surface area contributed by atoms with Gasteiger partial charge in [0, 0.05) is 34.2 Å². The molecule has 0 heterocycles. The van der Waals surface area contributed by atoms with Crippen molar-refractivity contribution in [1.29, 1.82) is 0 Å². The second-order valence-corrected chi connectivity index (χ2v) is 2.95. The van der Waals surface area contributed by atoms with E-state index in [0.717, 1.165) is 6.42 Å². The molecule has 0 aliphatic heterocycles. The van der Waals surface area contributed by atoms with Crippen LogP contribution in [0.3, 0.4) is 0 Å². The predicted molar refractivity (Wildman–Crippen MR) is 49.5 cm³/mol. The SMILES string of the molecule is CC(C)O.CCCC(=O)CC(=O)O.[Ti]. The Morgan fingerprint density at radius 2 is 1.64 bits per heavy atom. The second kappa shape index (κ2) is 12.8. The second-order valence-electron chi connectivity index (χ2n) is 2.95. The van der Waals surface area contributed by atoms with Crippen molar-refractivity contribution in [2.45, 2.75) is 46.1 Å². The quantitative estimate of drug-likeness (QED) is 0.570. The summed E-state index contributed by atoms with van der Waals surface area (Å²) in [4.78, 5) is 20.3. The number of hydrogen-bond acceptors (Lipinski definition) is 3. The molecule has 0 aromatic rings. The largest absolute Gasteiger partial charge is 0.481 e. The van der Waals surface area contributed by atoms with Crippen LogP contribution in [0.25, 0.3) is 0 Å². The Bertz CT molecular complexity index is 154. The summed E-state index contributed by atoms with van der Waals surface area (Å²) in [7, 11) is 0. The summed E-state index contributed by atoms with van der Waals surface area (Å²) in [5, 5.41) is 16.1. The van der Waals surface area contributed by atoms with E-state index in [4.69, 9.17) is 10.2 Å². The molecule has 0 saturated heterocycles. The van der Waals surface area contributed by atoms with Crippen LogP contribution in [0.2, 0.25) is 0 Å². The third-order valence-corrected chi connectivity index (χ3v) is 0.877. The number of rotatable bonds is 4. The van der Waals surface area contributed by atoms with Crippen LogP contribution in [0.5, 0.6) is 0 Å². The zero-order valence-electron chi connectivity index (χ0n) is 8.91. The first-order chi connectivity index (χ1) is 5.90. The summed E-state index contributed by atoms with van der Waals surface area (Å²) in [5.74, 6) is -1.22. The van der Waals surface area contributed by atoms with Crippen LogP contribution in [0.1, 0.15) is 40.0 Å². The summed E-state index contributed by atoms with van der Waals surface area (Å²) in [5.41, 5.74) is 0. The number of aliphatic carboxylic acids is 1. The van der Waals surface area contributed by atoms with Gasteiger partial charge in [0.05, 0.1) is 0 Å². The van der Waals surface area contributed by atoms with Gasteiger partial charge in [-0.15, -0.1) is 0 Å². The molecular formula is C9H18O4Ti. The molecule has 0 amide bonds. The molecule has 0 aliphatic rings. The van der Waals surface area contributed by atoms with Crippen molar-refractivity contribution in [2.24, 2.45) is 0 Å². The summed E-state index contributed by atoms with van der Waals surface area (Å²) in [6, 6.07) is 0. The third kappa shape index (κ3) is 29.8. The first kappa shape index (κ1) is 19.4. The van der Waals surface area contributed by atoms with Crippen LogP contribution in [0.4, 0.5) is 0 Å². The van der Waals surface area contributed by atoms with Crippen LogP contribution in [-0.2, 0) is 31.3 Å². The monoisotopic (exact) mass is 238 g/mol. The van der Waals surface area contributed by atoms with Gasteiger partial charge in [-0.05, 0) is 20.3 Å². The van der Waals surface area contributed by atoms with E-state index < -0.39 is 5.97 Å². The molecule has 0 aliphatic carbocycles. The predicted octanol–water partition coefficient (Wildman–Crippen LogP) is 1.21. The van der Waals surface area contributed by atoms with Gasteiger partial charge in [-0.1, -0.05) is 6.92 Å². The Hall–Kier alpha value is -0.186. The van der Waals surface area contributed by atoms with Crippen molar-refractivity contribution in [3.63, 3.8) is 0 Å². The summed E-state index contributed by atoms with van der Waals surface area (Å²) in [6.45, 7) is 5.29. The molecule has 82 valence electrons. The normalized spacial score (nSPS) is 8.36. The molecule has 0 saturated carbocycles. The topological polar surface area (TPSA) is 74.6 Å². The molecular weight excluding hydrogens is 220 g/mol. The Morgan fingerprint density at radius 1 is 1.29 bits per heavy atom. The number of carboxylic acids is 1. The first-order valence-corrected chi connectivity index (χ1v) is 4.31. The molecule has 0 spiro atoms. The number of carbonyl (C=O) groups excluding carboxylic acids is 1. The van der Waals surface area contributed by atoms with E-state index in [9.17, 15) is 9.59 Å². The number of aliphatic hydroxyl groups excluding tert-OH is 1. The van der Waals surface area contributed by atoms with Gasteiger partial charge in [-0.2, -0.15) is 0 Å². The van der Waals surface area contributed by atoms with Crippen LogP contribution < -0.4 is 0 Å². The van der Waals surface area contributed by atoms with Crippen molar-refractivity contribution in [3.8, 4) is 0 Å². The fourth-order valence-electron chi connectivity index (χ4n) is 0.536. The van der Waals surface area contributed by atoms with E-state index >= 15 is 0 Å². The van der Waals surface area contributed by atoms with E-state index in [2.05, 4.69) is 0 Å². The number of carboxylic acid groups (broad SMARTS) is 1. The molecule has 5 heteroatoms. The van der Waals surface area contributed by atoms with E-state index in [-0.39, 0.29) is 40.0 Å². The standard InChI is InChI=1S/C6H10O3.C3H8O.Ti/c1-2-3-5(7)4-6(8)9;1-3(2)4;/h2-4H2,1H3,(H,8,9);3-4H,1-2H3;. The van der Waals surface area contributed by atoms with Crippen LogP contribution in [0, 0.1) is 0 Å². The van der Waals surface area contributed by atoms with Gasteiger partial charge in [0.15, 0.2) is 0 Å². The van der Waals surface area contributed by atoms with Gasteiger partial charge in [-0.25, -0.2) is 0 Å². The van der Waals surface area contributed by atoms with E-state index in [1.807, 2.05) is 6.92 Å². The van der Waals surface area contributed by atoms with E-state index in [1.54, 1.807) is 13.8 Å². The van der Waals surface area contributed by atoms with Crippen molar-refractivity contribution in [2.75, 3.05) is 0 Å². The maximum Gasteiger partial charge on any atom is 0.310 e. The van der Waals surface area contributed by atoms with Crippen LogP contribution >= 0.6 is 0 Å². The number of ketones is 1. The summed E-state index contributed by atoms with van der Waals surface area (Å²) in [6.07, 6.45) is 0.617. The number of carbonyl (C=O) groups is 2. The minimum Gasteiger partial charge on any atom is -0.481 e. The van der Waals surface area contributed by atoms with Gasteiger partial charge < -0.3 is 10.2 Å². The molecule has 0 unspecified atom stereocenters. The van der Waals surface area contributed by atoms with Gasteiger partial charge in [0.25, 0.3) is 0 Å². The average molecular weight is 238 g/mol. The maximum atomic E-state index is 10.5. The van der Waals surface area contributed by atoms with Gasteiger partial charge in [0.1, 0.15) is 12.2 Å². The number of hydrogen-bond donors (Lipinski definition) is 2. The minimum atomic E-state index is -1.03. The van der Waals surface area contributed by atoms with Crippen LogP contribution in [0.15, 0.2) is 0 Å². The Labute approximate surface area is 99.6 Å². The van der Waals surface area contributed by atoms with Gasteiger partial charge in [0.2, 0.25) is 0 Å². The summed E-state index contributed by atoms with van der Waals surface area (Å²) >= 11 is 0. The fourth-order valence-corrected chi connectivity index (χ4v) is 0.536. The first-order valence-electron chi connectivity index (χ1n) is 4.31. The molecule has 0 rings (SSSR count).